The van der Waals surface area contributed by atoms with E-state index in [9.17, 15) is 9.59 Å². The highest BCUT2D eigenvalue weighted by molar-refractivity contribution is 6.14. The molecule has 0 atom stereocenters. The molecule has 0 saturated heterocycles. The lowest BCUT2D eigenvalue weighted by atomic mass is 9.91. The van der Waals surface area contributed by atoms with Gasteiger partial charge in [0.2, 0.25) is 0 Å². The molecule has 2 nitrogen and oxygen atoms in total. The van der Waals surface area contributed by atoms with Gasteiger partial charge in [-0.3, -0.25) is 9.59 Å². The van der Waals surface area contributed by atoms with Crippen LogP contribution in [0.5, 0.6) is 0 Å². The Kier molecular flexibility index (Phi) is 3.61. The molecule has 96 valence electrons. The van der Waals surface area contributed by atoms with Gasteiger partial charge in [-0.15, -0.1) is 0 Å². The number of aryl methyl sites for hydroxylation is 3. The van der Waals surface area contributed by atoms with Crippen molar-refractivity contribution < 1.29 is 9.59 Å². The average Bonchev–Trinajstić information content (AvgIpc) is 2.38. The summed E-state index contributed by atoms with van der Waals surface area (Å²) in [4.78, 5) is 23.9. The summed E-state index contributed by atoms with van der Waals surface area (Å²) in [6.45, 7) is 5.67. The fraction of sp³-hybridized carbons (Fsp3) is 0.176. The molecule has 0 aliphatic carbocycles. The first-order valence-electron chi connectivity index (χ1n) is 6.22. The number of carbonyl (C=O) groups excluding carboxylic acids is 2. The predicted molar refractivity (Wildman–Crippen MR) is 75.9 cm³/mol. The number of hydrogen-bond acceptors (Lipinski definition) is 2. The van der Waals surface area contributed by atoms with Crippen LogP contribution in [0.15, 0.2) is 36.4 Å². The molecule has 0 aromatic heterocycles. The molecule has 0 aliphatic heterocycles. The van der Waals surface area contributed by atoms with Gasteiger partial charge in [0.1, 0.15) is 0 Å². The minimum Gasteiger partial charge on any atom is -0.298 e. The van der Waals surface area contributed by atoms with Crippen molar-refractivity contribution in [3.05, 3.63) is 69.8 Å². The summed E-state index contributed by atoms with van der Waals surface area (Å²) in [7, 11) is 0. The van der Waals surface area contributed by atoms with Crippen LogP contribution in [0.4, 0.5) is 0 Å². The van der Waals surface area contributed by atoms with Crippen LogP contribution in [0.2, 0.25) is 0 Å². The average molecular weight is 252 g/mol. The SMILES string of the molecule is Cc1cccc(C(=O)c2c(C)cccc2C)c1C=O. The summed E-state index contributed by atoms with van der Waals surface area (Å²) >= 11 is 0. The van der Waals surface area contributed by atoms with E-state index >= 15 is 0 Å². The smallest absolute Gasteiger partial charge is 0.194 e. The maximum absolute atomic E-state index is 12.7. The number of benzene rings is 2. The molecule has 0 saturated carbocycles. The zero-order valence-corrected chi connectivity index (χ0v) is 11.4. The van der Waals surface area contributed by atoms with Crippen molar-refractivity contribution in [2.45, 2.75) is 20.8 Å². The highest BCUT2D eigenvalue weighted by Gasteiger charge is 2.18. The number of hydrogen-bond donors (Lipinski definition) is 0. The lowest BCUT2D eigenvalue weighted by Gasteiger charge is -2.11. The van der Waals surface area contributed by atoms with E-state index in [1.54, 1.807) is 6.07 Å². The van der Waals surface area contributed by atoms with Crippen molar-refractivity contribution in [3.63, 3.8) is 0 Å². The van der Waals surface area contributed by atoms with Crippen molar-refractivity contribution in [1.82, 2.24) is 0 Å². The number of aldehydes is 1. The van der Waals surface area contributed by atoms with Crippen LogP contribution in [-0.2, 0) is 0 Å². The summed E-state index contributed by atoms with van der Waals surface area (Å²) < 4.78 is 0. The van der Waals surface area contributed by atoms with Crippen LogP contribution in [0.25, 0.3) is 0 Å². The normalized spacial score (nSPS) is 10.3. The minimum atomic E-state index is -0.0820. The zero-order valence-electron chi connectivity index (χ0n) is 11.4. The summed E-state index contributed by atoms with van der Waals surface area (Å²) in [5.41, 5.74) is 4.34. The van der Waals surface area contributed by atoms with Crippen LogP contribution in [-0.4, -0.2) is 12.1 Å². The molecular formula is C17H16O2. The van der Waals surface area contributed by atoms with Gasteiger partial charge in [-0.05, 0) is 37.5 Å². The van der Waals surface area contributed by atoms with Crippen LogP contribution < -0.4 is 0 Å². The van der Waals surface area contributed by atoms with Crippen LogP contribution in [0.1, 0.15) is 43.0 Å². The molecule has 0 spiro atoms. The van der Waals surface area contributed by atoms with E-state index in [-0.39, 0.29) is 5.78 Å². The molecule has 0 bridgehead atoms. The molecule has 0 heterocycles. The van der Waals surface area contributed by atoms with Crippen molar-refractivity contribution in [2.24, 2.45) is 0 Å². The first-order valence-corrected chi connectivity index (χ1v) is 6.22. The van der Waals surface area contributed by atoms with Gasteiger partial charge in [0.05, 0.1) is 0 Å². The summed E-state index contributed by atoms with van der Waals surface area (Å²) in [6.07, 6.45) is 0.760. The second-order valence-electron chi connectivity index (χ2n) is 4.75. The van der Waals surface area contributed by atoms with E-state index in [0.29, 0.717) is 16.7 Å². The summed E-state index contributed by atoms with van der Waals surface area (Å²) in [5.74, 6) is -0.0820. The standard InChI is InChI=1S/C17H16O2/c1-11-6-5-9-14(15(11)10-18)17(19)16-12(2)7-4-8-13(16)3/h4-10H,1-3H3. The van der Waals surface area contributed by atoms with Gasteiger partial charge in [0.25, 0.3) is 0 Å². The number of rotatable bonds is 3. The Hall–Kier alpha value is -2.22. The third-order valence-electron chi connectivity index (χ3n) is 3.39. The van der Waals surface area contributed by atoms with Gasteiger partial charge in [0, 0.05) is 16.7 Å². The Balaban J connectivity index is 2.63. The number of carbonyl (C=O) groups is 2. The lowest BCUT2D eigenvalue weighted by Crippen LogP contribution is -2.10. The monoisotopic (exact) mass is 252 g/mol. The van der Waals surface area contributed by atoms with Crippen molar-refractivity contribution in [3.8, 4) is 0 Å². The molecule has 0 aliphatic rings. The van der Waals surface area contributed by atoms with E-state index in [0.717, 1.165) is 23.0 Å². The van der Waals surface area contributed by atoms with Crippen LogP contribution in [0, 0.1) is 20.8 Å². The van der Waals surface area contributed by atoms with Gasteiger partial charge in [-0.1, -0.05) is 36.4 Å². The molecule has 2 aromatic rings. The predicted octanol–water partition coefficient (Wildman–Crippen LogP) is 3.66. The molecule has 0 fully saturated rings. The minimum absolute atomic E-state index is 0.0820. The molecule has 0 N–H and O–H groups in total. The third-order valence-corrected chi connectivity index (χ3v) is 3.39. The Morgan fingerprint density at radius 3 is 2.00 bits per heavy atom. The summed E-state index contributed by atoms with van der Waals surface area (Å²) in [6, 6.07) is 11.1. The maximum Gasteiger partial charge on any atom is 0.194 e. The zero-order chi connectivity index (χ0) is 14.0. The summed E-state index contributed by atoms with van der Waals surface area (Å²) in [5, 5.41) is 0. The fourth-order valence-corrected chi connectivity index (χ4v) is 2.34. The van der Waals surface area contributed by atoms with Gasteiger partial charge in [-0.2, -0.15) is 0 Å². The Bertz CT molecular complexity index is 634. The quantitative estimate of drug-likeness (QED) is 0.617. The van der Waals surface area contributed by atoms with E-state index in [4.69, 9.17) is 0 Å². The maximum atomic E-state index is 12.7. The van der Waals surface area contributed by atoms with Gasteiger partial charge < -0.3 is 0 Å². The van der Waals surface area contributed by atoms with Crippen LogP contribution >= 0.6 is 0 Å². The molecule has 0 unspecified atom stereocenters. The highest BCUT2D eigenvalue weighted by Crippen LogP contribution is 2.21. The van der Waals surface area contributed by atoms with E-state index in [1.807, 2.05) is 51.1 Å². The highest BCUT2D eigenvalue weighted by atomic mass is 16.1. The Labute approximate surface area is 113 Å². The number of ketones is 1. The molecular weight excluding hydrogens is 236 g/mol. The van der Waals surface area contributed by atoms with Gasteiger partial charge in [-0.25, -0.2) is 0 Å². The first-order chi connectivity index (χ1) is 9.06. The molecule has 0 radical (unpaired) electrons. The van der Waals surface area contributed by atoms with Crippen molar-refractivity contribution >= 4 is 12.1 Å². The third kappa shape index (κ3) is 2.34. The molecule has 19 heavy (non-hydrogen) atoms. The Morgan fingerprint density at radius 2 is 1.42 bits per heavy atom. The van der Waals surface area contributed by atoms with E-state index in [1.165, 1.54) is 0 Å². The fourth-order valence-electron chi connectivity index (χ4n) is 2.34. The van der Waals surface area contributed by atoms with E-state index < -0.39 is 0 Å². The molecule has 2 heteroatoms. The van der Waals surface area contributed by atoms with Crippen LogP contribution in [0.3, 0.4) is 0 Å². The van der Waals surface area contributed by atoms with E-state index in [2.05, 4.69) is 0 Å². The topological polar surface area (TPSA) is 34.1 Å². The van der Waals surface area contributed by atoms with Crippen molar-refractivity contribution in [2.75, 3.05) is 0 Å². The second-order valence-corrected chi connectivity index (χ2v) is 4.75. The Morgan fingerprint density at radius 1 is 0.895 bits per heavy atom. The second kappa shape index (κ2) is 5.19. The van der Waals surface area contributed by atoms with Gasteiger partial charge in [0.15, 0.2) is 12.1 Å². The lowest BCUT2D eigenvalue weighted by molar-refractivity contribution is 0.102. The van der Waals surface area contributed by atoms with Gasteiger partial charge >= 0.3 is 0 Å². The molecule has 2 rings (SSSR count). The first kappa shape index (κ1) is 13.2. The molecule has 0 amide bonds. The van der Waals surface area contributed by atoms with Crippen molar-refractivity contribution in [1.29, 1.82) is 0 Å². The largest absolute Gasteiger partial charge is 0.298 e. The molecule has 2 aromatic carbocycles.